The summed E-state index contributed by atoms with van der Waals surface area (Å²) in [5.74, 6) is 0. The summed E-state index contributed by atoms with van der Waals surface area (Å²) < 4.78 is 12.4. The molecule has 0 aromatic rings. The summed E-state index contributed by atoms with van der Waals surface area (Å²) in [7, 11) is 0. The first kappa shape index (κ1) is 6.32. The van der Waals surface area contributed by atoms with E-state index < -0.39 is 12.4 Å². The summed E-state index contributed by atoms with van der Waals surface area (Å²) in [5.41, 5.74) is 0. The second-order valence-corrected chi connectivity index (χ2v) is 2.05. The van der Waals surface area contributed by atoms with E-state index in [-0.39, 0.29) is 0 Å². The van der Waals surface area contributed by atoms with Crippen LogP contribution >= 0.6 is 0 Å². The Kier molecular flexibility index (Phi) is 1.55. The highest BCUT2D eigenvalue weighted by Gasteiger charge is 2.27. The summed E-state index contributed by atoms with van der Waals surface area (Å²) in [4.78, 5) is 10.9. The highest BCUT2D eigenvalue weighted by atomic mass is 19.1. The van der Waals surface area contributed by atoms with E-state index in [4.69, 9.17) is 5.11 Å². The fourth-order valence-corrected chi connectivity index (χ4v) is 0.941. The minimum Gasteiger partial charge on any atom is -0.465 e. The third kappa shape index (κ3) is 1.12. The van der Waals surface area contributed by atoms with Crippen LogP contribution in [0.3, 0.4) is 0 Å². The maximum absolute atomic E-state index is 12.4. The summed E-state index contributed by atoms with van der Waals surface area (Å²) in [6.45, 7) is 0.344. The smallest absolute Gasteiger partial charge is 0.409 e. The van der Waals surface area contributed by atoms with Gasteiger partial charge >= 0.3 is 6.09 Å². The number of rotatable bonds is 0. The van der Waals surface area contributed by atoms with Crippen LogP contribution in [-0.2, 0) is 0 Å². The van der Waals surface area contributed by atoms with Crippen molar-refractivity contribution in [2.45, 2.75) is 19.1 Å². The summed E-state index contributed by atoms with van der Waals surface area (Å²) in [6.07, 6.45) is -1.41. The first-order valence-electron chi connectivity index (χ1n) is 2.85. The SMILES string of the molecule is O=C(O)N1CCC[C@@H]1F. The van der Waals surface area contributed by atoms with Crippen molar-refractivity contribution < 1.29 is 14.3 Å². The van der Waals surface area contributed by atoms with Gasteiger partial charge in [-0.2, -0.15) is 0 Å². The highest BCUT2D eigenvalue weighted by molar-refractivity contribution is 5.65. The van der Waals surface area contributed by atoms with Crippen molar-refractivity contribution in [2.75, 3.05) is 6.54 Å². The first-order chi connectivity index (χ1) is 4.22. The molecule has 9 heavy (non-hydrogen) atoms. The quantitative estimate of drug-likeness (QED) is 0.502. The second kappa shape index (κ2) is 2.21. The fraction of sp³-hybridized carbons (Fsp3) is 0.800. The molecule has 0 aliphatic carbocycles. The monoisotopic (exact) mass is 133 g/mol. The lowest BCUT2D eigenvalue weighted by Crippen LogP contribution is -2.31. The third-order valence-corrected chi connectivity index (χ3v) is 1.43. The maximum atomic E-state index is 12.4. The zero-order chi connectivity index (χ0) is 6.85. The molecule has 1 atom stereocenters. The molecular weight excluding hydrogens is 125 g/mol. The Hall–Kier alpha value is -0.800. The average Bonchev–Trinajstić information content (AvgIpc) is 2.13. The zero-order valence-corrected chi connectivity index (χ0v) is 4.88. The Bertz CT molecular complexity index is 128. The maximum Gasteiger partial charge on any atom is 0.409 e. The molecule has 1 N–H and O–H groups in total. The number of carbonyl (C=O) groups is 1. The Labute approximate surface area is 52.1 Å². The van der Waals surface area contributed by atoms with E-state index in [0.717, 1.165) is 4.90 Å². The van der Waals surface area contributed by atoms with Crippen molar-refractivity contribution in [3.63, 3.8) is 0 Å². The molecule has 0 radical (unpaired) electrons. The van der Waals surface area contributed by atoms with Crippen LogP contribution in [0.1, 0.15) is 12.8 Å². The fourth-order valence-electron chi connectivity index (χ4n) is 0.941. The van der Waals surface area contributed by atoms with Gasteiger partial charge in [0.1, 0.15) is 0 Å². The van der Waals surface area contributed by atoms with Crippen LogP contribution in [0.25, 0.3) is 0 Å². The van der Waals surface area contributed by atoms with Crippen LogP contribution in [0.5, 0.6) is 0 Å². The number of nitrogens with zero attached hydrogens (tertiary/aromatic N) is 1. The second-order valence-electron chi connectivity index (χ2n) is 2.05. The van der Waals surface area contributed by atoms with Gasteiger partial charge in [0.15, 0.2) is 6.30 Å². The minimum atomic E-state index is -1.26. The molecule has 1 saturated heterocycles. The molecule has 0 saturated carbocycles. The van der Waals surface area contributed by atoms with Crippen LogP contribution < -0.4 is 0 Å². The molecule has 1 fully saturated rings. The molecule has 0 spiro atoms. The zero-order valence-electron chi connectivity index (χ0n) is 4.88. The predicted molar refractivity (Wildman–Crippen MR) is 28.9 cm³/mol. The van der Waals surface area contributed by atoms with Crippen LogP contribution in [0.4, 0.5) is 9.18 Å². The molecule has 1 rings (SSSR count). The van der Waals surface area contributed by atoms with Gasteiger partial charge in [-0.05, 0) is 12.8 Å². The van der Waals surface area contributed by atoms with Gasteiger partial charge in [-0.25, -0.2) is 9.18 Å². The number of hydrogen-bond donors (Lipinski definition) is 1. The Morgan fingerprint density at radius 1 is 1.78 bits per heavy atom. The average molecular weight is 133 g/mol. The van der Waals surface area contributed by atoms with Crippen molar-refractivity contribution in [1.82, 2.24) is 4.90 Å². The summed E-state index contributed by atoms with van der Waals surface area (Å²) in [6, 6.07) is 0. The molecule has 52 valence electrons. The van der Waals surface area contributed by atoms with Gasteiger partial charge < -0.3 is 5.11 Å². The molecule has 0 aromatic carbocycles. The number of likely N-dealkylation sites (tertiary alicyclic amines) is 1. The van der Waals surface area contributed by atoms with Crippen LogP contribution in [-0.4, -0.2) is 28.9 Å². The van der Waals surface area contributed by atoms with E-state index >= 15 is 0 Å². The Balaban J connectivity index is 2.49. The van der Waals surface area contributed by atoms with Gasteiger partial charge in [-0.1, -0.05) is 0 Å². The molecule has 0 aromatic heterocycles. The number of hydrogen-bond acceptors (Lipinski definition) is 1. The predicted octanol–water partition coefficient (Wildman–Crippen LogP) is 1.06. The highest BCUT2D eigenvalue weighted by Crippen LogP contribution is 2.17. The summed E-state index contributed by atoms with van der Waals surface area (Å²) >= 11 is 0. The van der Waals surface area contributed by atoms with Gasteiger partial charge in [0.2, 0.25) is 0 Å². The topological polar surface area (TPSA) is 40.5 Å². The van der Waals surface area contributed by atoms with Gasteiger partial charge in [-0.3, -0.25) is 4.90 Å². The van der Waals surface area contributed by atoms with Crippen molar-refractivity contribution in [1.29, 1.82) is 0 Å². The molecular formula is C5H8FNO2. The Morgan fingerprint density at radius 3 is 2.67 bits per heavy atom. The molecule has 3 nitrogen and oxygen atoms in total. The van der Waals surface area contributed by atoms with Gasteiger partial charge in [0.05, 0.1) is 0 Å². The number of amides is 1. The van der Waals surface area contributed by atoms with Crippen molar-refractivity contribution in [2.24, 2.45) is 0 Å². The van der Waals surface area contributed by atoms with E-state index in [1.807, 2.05) is 0 Å². The molecule has 1 heterocycles. The lowest BCUT2D eigenvalue weighted by atomic mass is 10.4. The van der Waals surface area contributed by atoms with E-state index in [1.165, 1.54) is 0 Å². The molecule has 0 unspecified atom stereocenters. The molecule has 0 bridgehead atoms. The van der Waals surface area contributed by atoms with Gasteiger partial charge in [0, 0.05) is 6.54 Å². The van der Waals surface area contributed by atoms with Gasteiger partial charge in [0.25, 0.3) is 0 Å². The lowest BCUT2D eigenvalue weighted by Gasteiger charge is -2.12. The number of halogens is 1. The molecule has 1 amide bonds. The summed E-state index contributed by atoms with van der Waals surface area (Å²) in [5, 5.41) is 8.27. The molecule has 4 heteroatoms. The minimum absolute atomic E-state index is 0.344. The molecule has 1 aliphatic heterocycles. The van der Waals surface area contributed by atoms with Crippen LogP contribution in [0.15, 0.2) is 0 Å². The van der Waals surface area contributed by atoms with E-state index in [1.54, 1.807) is 0 Å². The van der Waals surface area contributed by atoms with Crippen LogP contribution in [0, 0.1) is 0 Å². The van der Waals surface area contributed by atoms with E-state index in [0.29, 0.717) is 19.4 Å². The van der Waals surface area contributed by atoms with Crippen molar-refractivity contribution in [3.05, 3.63) is 0 Å². The number of carboxylic acid groups (broad SMARTS) is 1. The largest absolute Gasteiger partial charge is 0.465 e. The van der Waals surface area contributed by atoms with Crippen molar-refractivity contribution in [3.8, 4) is 0 Å². The number of alkyl halides is 1. The van der Waals surface area contributed by atoms with Crippen LogP contribution in [0.2, 0.25) is 0 Å². The normalized spacial score (nSPS) is 26.8. The molecule has 1 aliphatic rings. The van der Waals surface area contributed by atoms with Crippen molar-refractivity contribution >= 4 is 6.09 Å². The third-order valence-electron chi connectivity index (χ3n) is 1.43. The standard InChI is InChI=1S/C5H8FNO2/c6-4-2-1-3-7(4)5(8)9/h4H,1-3H2,(H,8,9)/t4-/m1/s1. The first-order valence-corrected chi connectivity index (χ1v) is 2.85. The van der Waals surface area contributed by atoms with E-state index in [9.17, 15) is 9.18 Å². The Morgan fingerprint density at radius 2 is 2.44 bits per heavy atom. The lowest BCUT2D eigenvalue weighted by molar-refractivity contribution is 0.0991. The van der Waals surface area contributed by atoms with Gasteiger partial charge in [-0.15, -0.1) is 0 Å². The van der Waals surface area contributed by atoms with E-state index in [2.05, 4.69) is 0 Å².